The molecular formula is C11H13F3O. The Labute approximate surface area is 86.9 Å². The molecule has 0 heterocycles. The van der Waals surface area contributed by atoms with Gasteiger partial charge in [-0.1, -0.05) is 6.92 Å². The van der Waals surface area contributed by atoms with E-state index < -0.39 is 11.7 Å². The highest BCUT2D eigenvalue weighted by molar-refractivity contribution is 5.28. The molecule has 1 rings (SSSR count). The summed E-state index contributed by atoms with van der Waals surface area (Å²) in [6, 6.07) is 4.74. The maximum Gasteiger partial charge on any atom is 0.416 e. The lowest BCUT2D eigenvalue weighted by Gasteiger charge is -2.13. The van der Waals surface area contributed by atoms with Gasteiger partial charge in [-0.25, -0.2) is 0 Å². The molecule has 0 aliphatic rings. The smallest absolute Gasteiger partial charge is 0.416 e. The van der Waals surface area contributed by atoms with Gasteiger partial charge in [0.15, 0.2) is 0 Å². The van der Waals surface area contributed by atoms with Crippen LogP contribution in [-0.4, -0.2) is 6.10 Å². The second-order valence-electron chi connectivity index (χ2n) is 3.36. The molecule has 1 atom stereocenters. The summed E-state index contributed by atoms with van der Waals surface area (Å²) in [5.74, 6) is 0.470. The lowest BCUT2D eigenvalue weighted by Crippen LogP contribution is -2.10. The van der Waals surface area contributed by atoms with E-state index in [1.807, 2.05) is 13.8 Å². The number of benzene rings is 1. The van der Waals surface area contributed by atoms with Crippen molar-refractivity contribution >= 4 is 0 Å². The molecule has 0 aromatic heterocycles. The van der Waals surface area contributed by atoms with Gasteiger partial charge in [-0.05, 0) is 37.6 Å². The van der Waals surface area contributed by atoms with Crippen molar-refractivity contribution in [3.63, 3.8) is 0 Å². The number of ether oxygens (including phenoxy) is 1. The maximum atomic E-state index is 12.2. The maximum absolute atomic E-state index is 12.2. The van der Waals surface area contributed by atoms with Gasteiger partial charge in [-0.2, -0.15) is 13.2 Å². The Morgan fingerprint density at radius 3 is 2.13 bits per heavy atom. The molecule has 1 aromatic rings. The molecule has 0 N–H and O–H groups in total. The zero-order valence-corrected chi connectivity index (χ0v) is 8.64. The number of alkyl halides is 3. The fourth-order valence-electron chi connectivity index (χ4n) is 1.04. The number of rotatable bonds is 3. The first-order chi connectivity index (χ1) is 6.93. The minimum atomic E-state index is -4.28. The first kappa shape index (κ1) is 11.9. The normalized spacial score (nSPS) is 13.7. The Morgan fingerprint density at radius 1 is 1.20 bits per heavy atom. The van der Waals surface area contributed by atoms with Crippen molar-refractivity contribution in [2.75, 3.05) is 0 Å². The lowest BCUT2D eigenvalue weighted by atomic mass is 10.2. The molecule has 0 saturated carbocycles. The summed E-state index contributed by atoms with van der Waals surface area (Å²) in [6.45, 7) is 3.83. The lowest BCUT2D eigenvalue weighted by molar-refractivity contribution is -0.137. The van der Waals surface area contributed by atoms with E-state index in [-0.39, 0.29) is 6.10 Å². The highest BCUT2D eigenvalue weighted by Crippen LogP contribution is 2.30. The Hall–Kier alpha value is -1.19. The minimum absolute atomic E-state index is 0.0155. The summed E-state index contributed by atoms with van der Waals surface area (Å²) < 4.78 is 42.0. The van der Waals surface area contributed by atoms with Crippen LogP contribution in [0.2, 0.25) is 0 Å². The van der Waals surface area contributed by atoms with Crippen LogP contribution in [0.25, 0.3) is 0 Å². The molecule has 0 radical (unpaired) electrons. The molecule has 0 aliphatic heterocycles. The van der Waals surface area contributed by atoms with Crippen molar-refractivity contribution in [3.8, 4) is 5.75 Å². The van der Waals surface area contributed by atoms with E-state index in [2.05, 4.69) is 0 Å². The summed E-state index contributed by atoms with van der Waals surface area (Å²) in [4.78, 5) is 0. The molecule has 0 bridgehead atoms. The first-order valence-electron chi connectivity index (χ1n) is 4.77. The summed E-state index contributed by atoms with van der Waals surface area (Å²) in [6.07, 6.45) is -3.45. The van der Waals surface area contributed by atoms with Crippen LogP contribution in [0.5, 0.6) is 5.75 Å². The van der Waals surface area contributed by atoms with E-state index in [0.29, 0.717) is 5.75 Å². The second-order valence-corrected chi connectivity index (χ2v) is 3.36. The molecular weight excluding hydrogens is 205 g/mol. The second kappa shape index (κ2) is 4.55. The Kier molecular flexibility index (Phi) is 3.61. The van der Waals surface area contributed by atoms with Crippen molar-refractivity contribution in [1.82, 2.24) is 0 Å². The Bertz CT molecular complexity index is 303. The van der Waals surface area contributed by atoms with E-state index in [4.69, 9.17) is 4.74 Å². The largest absolute Gasteiger partial charge is 0.491 e. The van der Waals surface area contributed by atoms with E-state index >= 15 is 0 Å². The van der Waals surface area contributed by atoms with E-state index in [1.54, 1.807) is 0 Å². The average Bonchev–Trinajstić information content (AvgIpc) is 2.17. The third kappa shape index (κ3) is 3.46. The van der Waals surface area contributed by atoms with Crippen molar-refractivity contribution in [2.24, 2.45) is 0 Å². The van der Waals surface area contributed by atoms with Crippen LogP contribution < -0.4 is 4.74 Å². The third-order valence-electron chi connectivity index (χ3n) is 2.09. The average molecular weight is 218 g/mol. The van der Waals surface area contributed by atoms with Gasteiger partial charge >= 0.3 is 6.18 Å². The minimum Gasteiger partial charge on any atom is -0.491 e. The standard InChI is InChI=1S/C11H13F3O/c1-3-8(2)15-10-6-4-9(5-7-10)11(12,13)14/h4-8H,3H2,1-2H3. The van der Waals surface area contributed by atoms with Gasteiger partial charge < -0.3 is 4.74 Å². The molecule has 15 heavy (non-hydrogen) atoms. The van der Waals surface area contributed by atoms with E-state index in [1.165, 1.54) is 12.1 Å². The molecule has 0 spiro atoms. The van der Waals surface area contributed by atoms with Crippen LogP contribution in [0.3, 0.4) is 0 Å². The van der Waals surface area contributed by atoms with E-state index in [9.17, 15) is 13.2 Å². The van der Waals surface area contributed by atoms with Crippen LogP contribution >= 0.6 is 0 Å². The monoisotopic (exact) mass is 218 g/mol. The first-order valence-corrected chi connectivity index (χ1v) is 4.77. The van der Waals surface area contributed by atoms with E-state index in [0.717, 1.165) is 18.6 Å². The number of hydrogen-bond acceptors (Lipinski definition) is 1. The zero-order chi connectivity index (χ0) is 11.5. The summed E-state index contributed by atoms with van der Waals surface area (Å²) >= 11 is 0. The van der Waals surface area contributed by atoms with Crippen molar-refractivity contribution in [2.45, 2.75) is 32.5 Å². The predicted octanol–water partition coefficient (Wildman–Crippen LogP) is 3.88. The fraction of sp³-hybridized carbons (Fsp3) is 0.455. The molecule has 84 valence electrons. The predicted molar refractivity (Wildman–Crippen MR) is 51.8 cm³/mol. The van der Waals surface area contributed by atoms with Gasteiger partial charge in [0.05, 0.1) is 11.7 Å². The van der Waals surface area contributed by atoms with Crippen molar-refractivity contribution in [1.29, 1.82) is 0 Å². The molecule has 1 aromatic carbocycles. The van der Waals surface area contributed by atoms with Gasteiger partial charge in [0.25, 0.3) is 0 Å². The number of halogens is 3. The van der Waals surface area contributed by atoms with Crippen LogP contribution in [-0.2, 0) is 6.18 Å². The van der Waals surface area contributed by atoms with Crippen molar-refractivity contribution in [3.05, 3.63) is 29.8 Å². The summed E-state index contributed by atoms with van der Waals surface area (Å²) in [7, 11) is 0. The molecule has 1 unspecified atom stereocenters. The van der Waals surface area contributed by atoms with Crippen LogP contribution in [0, 0.1) is 0 Å². The van der Waals surface area contributed by atoms with Gasteiger partial charge in [0.2, 0.25) is 0 Å². The van der Waals surface area contributed by atoms with Gasteiger partial charge in [0, 0.05) is 0 Å². The summed E-state index contributed by atoms with van der Waals surface area (Å²) in [5, 5.41) is 0. The Morgan fingerprint density at radius 2 is 1.73 bits per heavy atom. The molecule has 1 nitrogen and oxygen atoms in total. The molecule has 4 heteroatoms. The topological polar surface area (TPSA) is 9.23 Å². The highest BCUT2D eigenvalue weighted by Gasteiger charge is 2.30. The van der Waals surface area contributed by atoms with Crippen LogP contribution in [0.4, 0.5) is 13.2 Å². The van der Waals surface area contributed by atoms with Gasteiger partial charge in [-0.15, -0.1) is 0 Å². The fourth-order valence-corrected chi connectivity index (χ4v) is 1.04. The zero-order valence-electron chi connectivity index (χ0n) is 8.64. The highest BCUT2D eigenvalue weighted by atomic mass is 19.4. The number of hydrogen-bond donors (Lipinski definition) is 0. The SMILES string of the molecule is CCC(C)Oc1ccc(C(F)(F)F)cc1. The van der Waals surface area contributed by atoms with Gasteiger partial charge in [-0.3, -0.25) is 0 Å². The van der Waals surface area contributed by atoms with Gasteiger partial charge in [0.1, 0.15) is 5.75 Å². The molecule has 0 fully saturated rings. The summed E-state index contributed by atoms with van der Waals surface area (Å²) in [5.41, 5.74) is -0.654. The van der Waals surface area contributed by atoms with Crippen molar-refractivity contribution < 1.29 is 17.9 Å². The molecule has 0 aliphatic carbocycles. The quantitative estimate of drug-likeness (QED) is 0.748. The molecule has 0 amide bonds. The molecule has 0 saturated heterocycles. The third-order valence-corrected chi connectivity index (χ3v) is 2.09. The Balaban J connectivity index is 2.73. The van der Waals surface area contributed by atoms with Crippen LogP contribution in [0.1, 0.15) is 25.8 Å². The van der Waals surface area contributed by atoms with Crippen LogP contribution in [0.15, 0.2) is 24.3 Å².